The second kappa shape index (κ2) is 8.75. The van der Waals surface area contributed by atoms with Crippen LogP contribution in [0.15, 0.2) is 30.3 Å². The Kier molecular flexibility index (Phi) is 6.16. The molecule has 0 spiro atoms. The first-order chi connectivity index (χ1) is 13.0. The summed E-state index contributed by atoms with van der Waals surface area (Å²) in [6, 6.07) is 9.33. The molecule has 2 aromatic rings. The summed E-state index contributed by atoms with van der Waals surface area (Å²) in [6.45, 7) is 3.07. The summed E-state index contributed by atoms with van der Waals surface area (Å²) in [7, 11) is 0. The number of tetrazole rings is 1. The predicted molar refractivity (Wildman–Crippen MR) is 97.9 cm³/mol. The van der Waals surface area contributed by atoms with Crippen LogP contribution in [0.1, 0.15) is 43.1 Å². The highest BCUT2D eigenvalue weighted by Gasteiger charge is 2.31. The first-order valence-corrected chi connectivity index (χ1v) is 9.33. The van der Waals surface area contributed by atoms with E-state index in [4.69, 9.17) is 5.11 Å². The molecule has 1 amide bonds. The number of hydrogen-bond donors (Lipinski definition) is 1. The lowest BCUT2D eigenvalue weighted by Crippen LogP contribution is -2.44. The van der Waals surface area contributed by atoms with Gasteiger partial charge < -0.3 is 10.0 Å². The number of aromatic nitrogens is 4. The number of aliphatic carboxylic acids is 1. The number of carboxylic acid groups (broad SMARTS) is 1. The van der Waals surface area contributed by atoms with E-state index in [2.05, 4.69) is 15.5 Å². The van der Waals surface area contributed by atoms with E-state index < -0.39 is 12.0 Å². The summed E-state index contributed by atoms with van der Waals surface area (Å²) in [6.07, 6.45) is 3.12. The Bertz CT molecular complexity index is 777. The van der Waals surface area contributed by atoms with E-state index in [0.29, 0.717) is 31.8 Å². The molecule has 0 aliphatic carbocycles. The molecule has 1 aromatic carbocycles. The van der Waals surface area contributed by atoms with E-state index >= 15 is 0 Å². The van der Waals surface area contributed by atoms with Gasteiger partial charge in [-0.05, 0) is 48.1 Å². The van der Waals surface area contributed by atoms with Crippen molar-refractivity contribution in [2.24, 2.45) is 5.92 Å². The summed E-state index contributed by atoms with van der Waals surface area (Å²) in [5.74, 6) is 0.0360. The topological polar surface area (TPSA) is 101 Å². The Morgan fingerprint density at radius 1 is 1.30 bits per heavy atom. The van der Waals surface area contributed by atoms with Crippen molar-refractivity contribution in [3.63, 3.8) is 0 Å². The smallest absolute Gasteiger partial charge is 0.303 e. The van der Waals surface area contributed by atoms with Gasteiger partial charge in [-0.2, -0.15) is 0 Å². The highest BCUT2D eigenvalue weighted by molar-refractivity contribution is 5.81. The van der Waals surface area contributed by atoms with Crippen LogP contribution in [0.3, 0.4) is 0 Å². The van der Waals surface area contributed by atoms with Crippen LogP contribution in [-0.2, 0) is 16.0 Å². The van der Waals surface area contributed by atoms with Gasteiger partial charge in [0.05, 0.1) is 0 Å². The SMILES string of the molecule is Cc1nnnn1[C@@H](Cc1ccccc1)C(=O)N1CCC[C@H](CCC(=O)O)C1. The maximum atomic E-state index is 13.3. The number of carboxylic acids is 1. The fourth-order valence-corrected chi connectivity index (χ4v) is 3.68. The Hall–Kier alpha value is -2.77. The number of hydrogen-bond acceptors (Lipinski definition) is 5. The lowest BCUT2D eigenvalue weighted by Gasteiger charge is -2.35. The maximum absolute atomic E-state index is 13.3. The average Bonchev–Trinajstić information content (AvgIpc) is 3.10. The van der Waals surface area contributed by atoms with Crippen molar-refractivity contribution < 1.29 is 14.7 Å². The summed E-state index contributed by atoms with van der Waals surface area (Å²) in [5.41, 5.74) is 1.05. The molecule has 1 fully saturated rings. The van der Waals surface area contributed by atoms with Crippen molar-refractivity contribution in [2.75, 3.05) is 13.1 Å². The van der Waals surface area contributed by atoms with Gasteiger partial charge in [0.2, 0.25) is 5.91 Å². The molecule has 1 aliphatic heterocycles. The van der Waals surface area contributed by atoms with E-state index in [0.717, 1.165) is 18.4 Å². The Balaban J connectivity index is 1.76. The quantitative estimate of drug-likeness (QED) is 0.797. The van der Waals surface area contributed by atoms with Crippen LogP contribution in [0.2, 0.25) is 0 Å². The lowest BCUT2D eigenvalue weighted by atomic mass is 9.92. The van der Waals surface area contributed by atoms with Gasteiger partial charge in [0.25, 0.3) is 0 Å². The molecule has 0 radical (unpaired) electrons. The number of nitrogens with zero attached hydrogens (tertiary/aromatic N) is 5. The molecule has 1 aliphatic rings. The van der Waals surface area contributed by atoms with Gasteiger partial charge >= 0.3 is 5.97 Å². The van der Waals surface area contributed by atoms with Crippen LogP contribution in [0.5, 0.6) is 0 Å². The van der Waals surface area contributed by atoms with E-state index in [1.807, 2.05) is 35.2 Å². The van der Waals surface area contributed by atoms with Gasteiger partial charge in [0.15, 0.2) is 0 Å². The summed E-state index contributed by atoms with van der Waals surface area (Å²) in [4.78, 5) is 26.0. The molecule has 2 atom stereocenters. The maximum Gasteiger partial charge on any atom is 0.303 e. The normalized spacial score (nSPS) is 18.3. The fraction of sp³-hybridized carbons (Fsp3) is 0.526. The van der Waals surface area contributed by atoms with Gasteiger partial charge in [-0.1, -0.05) is 30.3 Å². The number of rotatable bonds is 7. The number of carbonyl (C=O) groups is 2. The van der Waals surface area contributed by atoms with Crippen molar-refractivity contribution >= 4 is 11.9 Å². The lowest BCUT2D eigenvalue weighted by molar-refractivity contribution is -0.138. The number of aryl methyl sites for hydroxylation is 1. The number of likely N-dealkylation sites (tertiary alicyclic amines) is 1. The Labute approximate surface area is 158 Å². The second-order valence-electron chi connectivity index (χ2n) is 7.10. The zero-order valence-electron chi connectivity index (χ0n) is 15.5. The molecule has 1 saturated heterocycles. The molecular weight excluding hydrogens is 346 g/mol. The highest BCUT2D eigenvalue weighted by Crippen LogP contribution is 2.25. The van der Waals surface area contributed by atoms with E-state index in [-0.39, 0.29) is 18.2 Å². The van der Waals surface area contributed by atoms with Crippen LogP contribution in [0.4, 0.5) is 0 Å². The first kappa shape index (κ1) is 19.0. The van der Waals surface area contributed by atoms with Gasteiger partial charge in [-0.15, -0.1) is 5.10 Å². The molecule has 3 rings (SSSR count). The zero-order chi connectivity index (χ0) is 19.2. The van der Waals surface area contributed by atoms with Crippen LogP contribution in [0.25, 0.3) is 0 Å². The Morgan fingerprint density at radius 3 is 2.74 bits per heavy atom. The zero-order valence-corrected chi connectivity index (χ0v) is 15.5. The van der Waals surface area contributed by atoms with E-state index in [9.17, 15) is 9.59 Å². The highest BCUT2D eigenvalue weighted by atomic mass is 16.4. The number of benzene rings is 1. The van der Waals surface area contributed by atoms with Gasteiger partial charge in [-0.3, -0.25) is 9.59 Å². The van der Waals surface area contributed by atoms with Crippen molar-refractivity contribution in [1.29, 1.82) is 0 Å². The van der Waals surface area contributed by atoms with E-state index in [1.165, 1.54) is 0 Å². The van der Waals surface area contributed by atoms with Crippen LogP contribution < -0.4 is 0 Å². The number of carbonyl (C=O) groups excluding carboxylic acids is 1. The van der Waals surface area contributed by atoms with Crippen molar-refractivity contribution in [3.05, 3.63) is 41.7 Å². The van der Waals surface area contributed by atoms with Gasteiger partial charge in [0, 0.05) is 25.9 Å². The summed E-state index contributed by atoms with van der Waals surface area (Å²) >= 11 is 0. The minimum atomic E-state index is -0.787. The third kappa shape index (κ3) is 4.90. The molecular formula is C19H25N5O3. The molecule has 0 saturated carbocycles. The Morgan fingerprint density at radius 2 is 2.07 bits per heavy atom. The minimum absolute atomic E-state index is 0.00530. The monoisotopic (exact) mass is 371 g/mol. The van der Waals surface area contributed by atoms with Crippen molar-refractivity contribution in [2.45, 2.75) is 45.1 Å². The third-order valence-corrected chi connectivity index (χ3v) is 5.11. The van der Waals surface area contributed by atoms with Crippen LogP contribution in [0, 0.1) is 12.8 Å². The van der Waals surface area contributed by atoms with Gasteiger partial charge in [-0.25, -0.2) is 4.68 Å². The molecule has 1 N–H and O–H groups in total. The fourth-order valence-electron chi connectivity index (χ4n) is 3.68. The summed E-state index contributed by atoms with van der Waals surface area (Å²) in [5, 5.41) is 20.6. The molecule has 0 bridgehead atoms. The van der Waals surface area contributed by atoms with Gasteiger partial charge in [0.1, 0.15) is 11.9 Å². The molecule has 8 nitrogen and oxygen atoms in total. The van der Waals surface area contributed by atoms with Crippen molar-refractivity contribution in [1.82, 2.24) is 25.1 Å². The van der Waals surface area contributed by atoms with Crippen LogP contribution >= 0.6 is 0 Å². The standard InChI is InChI=1S/C19H25N5O3/c1-14-20-21-22-24(14)17(12-15-6-3-2-4-7-15)19(27)23-11-5-8-16(13-23)9-10-18(25)26/h2-4,6-7,16-17H,5,8-13H2,1H3,(H,25,26)/t16-,17+/m1/s1. The third-order valence-electron chi connectivity index (χ3n) is 5.11. The minimum Gasteiger partial charge on any atom is -0.481 e. The molecule has 0 unspecified atom stereocenters. The predicted octanol–water partition coefficient (Wildman–Crippen LogP) is 1.87. The second-order valence-corrected chi connectivity index (χ2v) is 7.10. The number of amides is 1. The average molecular weight is 371 g/mol. The number of piperidine rings is 1. The van der Waals surface area contributed by atoms with Crippen LogP contribution in [-0.4, -0.2) is 55.2 Å². The first-order valence-electron chi connectivity index (χ1n) is 9.33. The van der Waals surface area contributed by atoms with E-state index in [1.54, 1.807) is 11.6 Å². The molecule has 2 heterocycles. The molecule has 144 valence electrons. The molecule has 8 heteroatoms. The van der Waals surface area contributed by atoms with Crippen molar-refractivity contribution in [3.8, 4) is 0 Å². The molecule has 27 heavy (non-hydrogen) atoms. The summed E-state index contributed by atoms with van der Waals surface area (Å²) < 4.78 is 1.59. The largest absolute Gasteiger partial charge is 0.481 e. The molecule has 1 aromatic heterocycles.